The topological polar surface area (TPSA) is 88.0 Å². The van der Waals surface area contributed by atoms with E-state index < -0.39 is 11.5 Å². The summed E-state index contributed by atoms with van der Waals surface area (Å²) in [6, 6.07) is 7.85. The first-order valence-corrected chi connectivity index (χ1v) is 5.98. The van der Waals surface area contributed by atoms with Gasteiger partial charge in [0.1, 0.15) is 5.56 Å². The highest BCUT2D eigenvalue weighted by molar-refractivity contribution is 6.36. The molecule has 0 unspecified atom stereocenters. The van der Waals surface area contributed by atoms with Gasteiger partial charge in [0.15, 0.2) is 0 Å². The van der Waals surface area contributed by atoms with Crippen LogP contribution in [-0.2, 0) is 0 Å². The van der Waals surface area contributed by atoms with Gasteiger partial charge in [-0.25, -0.2) is 5.84 Å². The van der Waals surface area contributed by atoms with E-state index in [0.717, 1.165) is 0 Å². The number of nitrogens with two attached hydrogens (primary N) is 1. The smallest absolute Gasteiger partial charge is 0.270 e. The van der Waals surface area contributed by atoms with E-state index in [1.54, 1.807) is 24.3 Å². The van der Waals surface area contributed by atoms with E-state index in [0.29, 0.717) is 21.3 Å². The number of carbonyl (C=O) groups is 1. The third-order valence-corrected chi connectivity index (χ3v) is 3.05. The molecule has 0 aliphatic rings. The maximum Gasteiger partial charge on any atom is 0.270 e. The van der Waals surface area contributed by atoms with Crippen LogP contribution >= 0.6 is 23.2 Å². The van der Waals surface area contributed by atoms with Crippen molar-refractivity contribution in [2.45, 2.75) is 0 Å². The van der Waals surface area contributed by atoms with Crippen LogP contribution in [0.25, 0.3) is 11.3 Å². The summed E-state index contributed by atoms with van der Waals surface area (Å²) in [6.07, 6.45) is 0. The summed E-state index contributed by atoms with van der Waals surface area (Å²) in [5.41, 5.74) is 2.38. The van der Waals surface area contributed by atoms with Crippen LogP contribution < -0.4 is 16.8 Å². The second kappa shape index (κ2) is 5.44. The zero-order valence-electron chi connectivity index (χ0n) is 9.54. The summed E-state index contributed by atoms with van der Waals surface area (Å²) < 4.78 is 0. The minimum atomic E-state index is -0.657. The van der Waals surface area contributed by atoms with E-state index in [4.69, 9.17) is 29.0 Å². The number of carbonyl (C=O) groups excluding carboxylic acids is 1. The first kappa shape index (κ1) is 13.6. The minimum Gasteiger partial charge on any atom is -0.321 e. The fourth-order valence-corrected chi connectivity index (χ4v) is 2.11. The molecule has 0 atom stereocenters. The van der Waals surface area contributed by atoms with Crippen molar-refractivity contribution < 1.29 is 4.79 Å². The molecule has 1 aromatic heterocycles. The van der Waals surface area contributed by atoms with Gasteiger partial charge in [-0.1, -0.05) is 23.2 Å². The van der Waals surface area contributed by atoms with Crippen molar-refractivity contribution in [1.82, 2.24) is 10.4 Å². The van der Waals surface area contributed by atoms with Gasteiger partial charge < -0.3 is 4.98 Å². The molecule has 0 fully saturated rings. The lowest BCUT2D eigenvalue weighted by Crippen LogP contribution is -2.34. The molecule has 2 aromatic rings. The van der Waals surface area contributed by atoms with Crippen molar-refractivity contribution in [3.05, 3.63) is 56.3 Å². The number of pyridine rings is 1. The Bertz CT molecular complexity index is 698. The highest BCUT2D eigenvalue weighted by atomic mass is 35.5. The van der Waals surface area contributed by atoms with Crippen LogP contribution in [0.15, 0.2) is 35.1 Å². The van der Waals surface area contributed by atoms with Crippen LogP contribution in [0, 0.1) is 0 Å². The molecule has 19 heavy (non-hydrogen) atoms. The molecule has 1 aromatic carbocycles. The molecule has 7 heteroatoms. The van der Waals surface area contributed by atoms with Crippen molar-refractivity contribution in [2.75, 3.05) is 0 Å². The lowest BCUT2D eigenvalue weighted by Gasteiger charge is -2.06. The number of hydrogen-bond donors (Lipinski definition) is 3. The Morgan fingerprint density at radius 2 is 1.95 bits per heavy atom. The number of rotatable bonds is 2. The van der Waals surface area contributed by atoms with Gasteiger partial charge in [-0.05, 0) is 30.3 Å². The number of amides is 1. The first-order chi connectivity index (χ1) is 9.02. The number of aromatic amines is 1. The average molecular weight is 298 g/mol. The van der Waals surface area contributed by atoms with Crippen LogP contribution in [0.5, 0.6) is 0 Å². The number of hydrazine groups is 1. The van der Waals surface area contributed by atoms with E-state index in [-0.39, 0.29) is 5.56 Å². The van der Waals surface area contributed by atoms with Gasteiger partial charge in [0.05, 0.1) is 5.02 Å². The van der Waals surface area contributed by atoms with Crippen molar-refractivity contribution >= 4 is 29.1 Å². The normalized spacial score (nSPS) is 10.3. The molecule has 5 nitrogen and oxygen atoms in total. The predicted molar refractivity (Wildman–Crippen MR) is 74.2 cm³/mol. The van der Waals surface area contributed by atoms with Gasteiger partial charge in [-0.2, -0.15) is 0 Å². The quantitative estimate of drug-likeness (QED) is 0.450. The Morgan fingerprint density at radius 3 is 2.53 bits per heavy atom. The van der Waals surface area contributed by atoms with Crippen molar-refractivity contribution in [1.29, 1.82) is 0 Å². The Hall–Kier alpha value is -1.82. The molecule has 0 saturated carbocycles. The second-order valence-corrected chi connectivity index (χ2v) is 4.56. The fraction of sp³-hybridized carbons (Fsp3) is 0. The van der Waals surface area contributed by atoms with Gasteiger partial charge in [0, 0.05) is 16.3 Å². The maximum atomic E-state index is 11.8. The Labute approximate surface area is 118 Å². The van der Waals surface area contributed by atoms with Crippen molar-refractivity contribution in [3.8, 4) is 11.3 Å². The molecule has 98 valence electrons. The number of benzene rings is 1. The van der Waals surface area contributed by atoms with Crippen LogP contribution in [-0.4, -0.2) is 10.9 Å². The third kappa shape index (κ3) is 2.78. The highest BCUT2D eigenvalue weighted by Crippen LogP contribution is 2.28. The number of halogens is 2. The zero-order chi connectivity index (χ0) is 14.0. The molecule has 1 amide bonds. The van der Waals surface area contributed by atoms with Crippen LogP contribution in [0.1, 0.15) is 10.4 Å². The van der Waals surface area contributed by atoms with E-state index >= 15 is 0 Å². The molecular weight excluding hydrogens is 289 g/mol. The summed E-state index contributed by atoms with van der Waals surface area (Å²) in [6.45, 7) is 0. The van der Waals surface area contributed by atoms with Crippen molar-refractivity contribution in [2.24, 2.45) is 5.84 Å². The Balaban J connectivity index is 2.50. The van der Waals surface area contributed by atoms with Gasteiger partial charge in [-0.3, -0.25) is 15.0 Å². The lowest BCUT2D eigenvalue weighted by molar-refractivity contribution is 0.0952. The average Bonchev–Trinajstić information content (AvgIpc) is 2.37. The molecule has 0 aliphatic heterocycles. The largest absolute Gasteiger partial charge is 0.321 e. The summed E-state index contributed by atoms with van der Waals surface area (Å²) in [5, 5.41) is 0.898. The van der Waals surface area contributed by atoms with E-state index in [9.17, 15) is 9.59 Å². The number of nitrogen functional groups attached to an aromatic ring is 1. The van der Waals surface area contributed by atoms with Crippen LogP contribution in [0.2, 0.25) is 10.0 Å². The Morgan fingerprint density at radius 1 is 1.21 bits per heavy atom. The highest BCUT2D eigenvalue weighted by Gasteiger charge is 2.11. The molecule has 4 N–H and O–H groups in total. The second-order valence-electron chi connectivity index (χ2n) is 3.71. The standard InChI is InChI=1S/C12H9Cl2N3O2/c13-6-1-2-7(9(14)5-6)10-4-3-8(11(18)16-10)12(19)17-15/h1-5H,15H2,(H,16,18)(H,17,19). The molecule has 0 spiro atoms. The summed E-state index contributed by atoms with van der Waals surface area (Å²) in [4.78, 5) is 25.6. The monoisotopic (exact) mass is 297 g/mol. The van der Waals surface area contributed by atoms with Crippen LogP contribution in [0.3, 0.4) is 0 Å². The van der Waals surface area contributed by atoms with Gasteiger partial charge >= 0.3 is 0 Å². The SMILES string of the molecule is NNC(=O)c1ccc(-c2ccc(Cl)cc2Cl)[nH]c1=O. The maximum absolute atomic E-state index is 11.8. The number of aromatic nitrogens is 1. The van der Waals surface area contributed by atoms with Crippen LogP contribution in [0.4, 0.5) is 0 Å². The molecule has 0 saturated heterocycles. The predicted octanol–water partition coefficient (Wildman–Crippen LogP) is 1.95. The Kier molecular flexibility index (Phi) is 3.90. The first-order valence-electron chi connectivity index (χ1n) is 5.22. The molecular formula is C12H9Cl2N3O2. The molecule has 2 rings (SSSR count). The molecule has 0 radical (unpaired) electrons. The van der Waals surface area contributed by atoms with Gasteiger partial charge in [0.2, 0.25) is 0 Å². The minimum absolute atomic E-state index is 0.0728. The summed E-state index contributed by atoms with van der Waals surface area (Å²) >= 11 is 11.8. The third-order valence-electron chi connectivity index (χ3n) is 2.51. The lowest BCUT2D eigenvalue weighted by atomic mass is 10.1. The van der Waals surface area contributed by atoms with Gasteiger partial charge in [-0.15, -0.1) is 0 Å². The zero-order valence-corrected chi connectivity index (χ0v) is 11.0. The summed E-state index contributed by atoms with van der Waals surface area (Å²) in [7, 11) is 0. The fourth-order valence-electron chi connectivity index (χ4n) is 1.60. The van der Waals surface area contributed by atoms with Crippen molar-refractivity contribution in [3.63, 3.8) is 0 Å². The molecule has 1 heterocycles. The molecule has 0 bridgehead atoms. The van der Waals surface area contributed by atoms with E-state index in [1.807, 2.05) is 5.43 Å². The number of H-pyrrole nitrogens is 1. The van der Waals surface area contributed by atoms with Gasteiger partial charge in [0.25, 0.3) is 11.5 Å². The summed E-state index contributed by atoms with van der Waals surface area (Å²) in [5.74, 6) is 4.32. The molecule has 0 aliphatic carbocycles. The number of nitrogens with one attached hydrogen (secondary N) is 2. The van der Waals surface area contributed by atoms with E-state index in [2.05, 4.69) is 4.98 Å². The van der Waals surface area contributed by atoms with E-state index in [1.165, 1.54) is 6.07 Å². The number of hydrogen-bond acceptors (Lipinski definition) is 3.